The van der Waals surface area contributed by atoms with E-state index in [1.807, 2.05) is 31.5 Å². The number of rotatable bonds is 3. The predicted octanol–water partition coefficient (Wildman–Crippen LogP) is 6.09. The molecule has 136 valence electrons. The number of benzene rings is 2. The lowest BCUT2D eigenvalue weighted by molar-refractivity contribution is -0.114. The molecule has 4 nitrogen and oxygen atoms in total. The van der Waals surface area contributed by atoms with Gasteiger partial charge in [0.15, 0.2) is 12.4 Å². The summed E-state index contributed by atoms with van der Waals surface area (Å²) in [7, 11) is 0. The van der Waals surface area contributed by atoms with Crippen LogP contribution in [0.1, 0.15) is 22.8 Å². The van der Waals surface area contributed by atoms with Gasteiger partial charge in [-0.15, -0.1) is 0 Å². The second-order valence-corrected chi connectivity index (χ2v) is 7.38. The zero-order valence-corrected chi connectivity index (χ0v) is 16.4. The number of aryl methyl sites for hydroxylation is 1. The Morgan fingerprint density at radius 1 is 1.15 bits per heavy atom. The third-order valence-electron chi connectivity index (χ3n) is 4.31. The smallest absolute Gasteiger partial charge is 0.223 e. The van der Waals surface area contributed by atoms with Crippen LogP contribution < -0.4 is 0 Å². The fourth-order valence-electron chi connectivity index (χ4n) is 3.07. The number of fused-ring (bicyclic) bond motifs is 1. The van der Waals surface area contributed by atoms with E-state index < -0.39 is 6.10 Å². The van der Waals surface area contributed by atoms with E-state index >= 15 is 0 Å². The SMILES string of the molecule is Cc1cc(Cl)cc2c1N=C(c1ccn(-c3c(Cl)cccc3Cl)c1)OC2C=O. The lowest BCUT2D eigenvalue weighted by Crippen LogP contribution is -2.18. The number of aromatic nitrogens is 1. The van der Waals surface area contributed by atoms with E-state index in [0.29, 0.717) is 43.5 Å². The Morgan fingerprint density at radius 2 is 1.89 bits per heavy atom. The van der Waals surface area contributed by atoms with E-state index in [-0.39, 0.29) is 0 Å². The summed E-state index contributed by atoms with van der Waals surface area (Å²) in [5.41, 5.74) is 3.60. The molecule has 0 spiro atoms. The molecule has 0 aliphatic carbocycles. The average Bonchev–Trinajstić information content (AvgIpc) is 3.10. The Bertz CT molecular complexity index is 1070. The van der Waals surface area contributed by atoms with Crippen LogP contribution in [0.4, 0.5) is 5.69 Å². The van der Waals surface area contributed by atoms with Gasteiger partial charge in [-0.05, 0) is 42.8 Å². The molecule has 2 aromatic carbocycles. The summed E-state index contributed by atoms with van der Waals surface area (Å²) in [5, 5.41) is 1.59. The van der Waals surface area contributed by atoms with Crippen molar-refractivity contribution in [1.29, 1.82) is 0 Å². The minimum Gasteiger partial charge on any atom is -0.461 e. The molecule has 4 rings (SSSR count). The largest absolute Gasteiger partial charge is 0.461 e. The van der Waals surface area contributed by atoms with Crippen LogP contribution in [0, 0.1) is 6.92 Å². The summed E-state index contributed by atoms with van der Waals surface area (Å²) in [4.78, 5) is 16.2. The number of hydrogen-bond donors (Lipinski definition) is 0. The molecule has 1 atom stereocenters. The minimum absolute atomic E-state index is 0.354. The maximum absolute atomic E-state index is 11.6. The first-order valence-electron chi connectivity index (χ1n) is 8.11. The molecule has 7 heteroatoms. The fourth-order valence-corrected chi connectivity index (χ4v) is 3.95. The van der Waals surface area contributed by atoms with Gasteiger partial charge in [0.1, 0.15) is 0 Å². The molecule has 3 aromatic rings. The molecule has 0 amide bonds. The molecular formula is C20H13Cl3N2O2. The number of carbonyl (C=O) groups is 1. The van der Waals surface area contributed by atoms with Crippen molar-refractivity contribution in [3.05, 3.63) is 80.6 Å². The average molecular weight is 420 g/mol. The number of ether oxygens (including phenoxy) is 1. The maximum atomic E-state index is 11.6. The Labute approximate surface area is 170 Å². The van der Waals surface area contributed by atoms with Gasteiger partial charge in [0.2, 0.25) is 5.90 Å². The van der Waals surface area contributed by atoms with Crippen LogP contribution in [0.15, 0.2) is 53.8 Å². The van der Waals surface area contributed by atoms with Gasteiger partial charge < -0.3 is 9.30 Å². The number of aldehydes is 1. The van der Waals surface area contributed by atoms with Crippen molar-refractivity contribution < 1.29 is 9.53 Å². The maximum Gasteiger partial charge on any atom is 0.223 e. The third-order valence-corrected chi connectivity index (χ3v) is 5.14. The molecular weight excluding hydrogens is 407 g/mol. The Morgan fingerprint density at radius 3 is 2.59 bits per heavy atom. The summed E-state index contributed by atoms with van der Waals surface area (Å²) in [6.45, 7) is 1.90. The normalized spacial score (nSPS) is 15.7. The molecule has 1 aliphatic heterocycles. The van der Waals surface area contributed by atoms with Crippen molar-refractivity contribution >= 4 is 52.7 Å². The van der Waals surface area contributed by atoms with Crippen molar-refractivity contribution in [2.75, 3.05) is 0 Å². The quantitative estimate of drug-likeness (QED) is 0.482. The third kappa shape index (κ3) is 3.25. The van der Waals surface area contributed by atoms with Crippen LogP contribution in [0.3, 0.4) is 0 Å². The highest BCUT2D eigenvalue weighted by atomic mass is 35.5. The zero-order valence-electron chi connectivity index (χ0n) is 14.1. The van der Waals surface area contributed by atoms with Gasteiger partial charge in [0, 0.05) is 23.0 Å². The van der Waals surface area contributed by atoms with E-state index in [0.717, 1.165) is 11.8 Å². The molecule has 1 aliphatic rings. The van der Waals surface area contributed by atoms with Crippen LogP contribution >= 0.6 is 34.8 Å². The molecule has 0 radical (unpaired) electrons. The number of para-hydroxylation sites is 1. The van der Waals surface area contributed by atoms with Crippen LogP contribution in [-0.4, -0.2) is 16.8 Å². The Balaban J connectivity index is 1.80. The molecule has 0 bridgehead atoms. The first kappa shape index (κ1) is 18.1. The summed E-state index contributed by atoms with van der Waals surface area (Å²) in [6, 6.07) is 10.7. The molecule has 2 heterocycles. The lowest BCUT2D eigenvalue weighted by atomic mass is 10.0. The van der Waals surface area contributed by atoms with Gasteiger partial charge in [-0.3, -0.25) is 4.79 Å². The monoisotopic (exact) mass is 418 g/mol. The van der Waals surface area contributed by atoms with Gasteiger partial charge in [0.25, 0.3) is 0 Å². The first-order chi connectivity index (χ1) is 13.0. The zero-order chi connectivity index (χ0) is 19.1. The van der Waals surface area contributed by atoms with Crippen molar-refractivity contribution in [2.45, 2.75) is 13.0 Å². The van der Waals surface area contributed by atoms with E-state index in [2.05, 4.69) is 4.99 Å². The number of carbonyl (C=O) groups excluding carboxylic acids is 1. The Hall–Kier alpha value is -2.27. The van der Waals surface area contributed by atoms with Gasteiger partial charge in [-0.1, -0.05) is 40.9 Å². The molecule has 27 heavy (non-hydrogen) atoms. The highest BCUT2D eigenvalue weighted by Crippen LogP contribution is 2.38. The predicted molar refractivity (Wildman–Crippen MR) is 108 cm³/mol. The van der Waals surface area contributed by atoms with E-state index in [9.17, 15) is 4.79 Å². The van der Waals surface area contributed by atoms with Crippen LogP contribution in [0.5, 0.6) is 0 Å². The second kappa shape index (κ2) is 7.04. The van der Waals surface area contributed by atoms with Gasteiger partial charge >= 0.3 is 0 Å². The molecule has 1 unspecified atom stereocenters. The van der Waals surface area contributed by atoms with Gasteiger partial charge in [-0.2, -0.15) is 0 Å². The van der Waals surface area contributed by atoms with Crippen LogP contribution in [0.2, 0.25) is 15.1 Å². The van der Waals surface area contributed by atoms with E-state index in [1.54, 1.807) is 28.8 Å². The van der Waals surface area contributed by atoms with E-state index in [4.69, 9.17) is 39.5 Å². The molecule has 1 aromatic heterocycles. The molecule has 0 saturated carbocycles. The number of halogens is 3. The fraction of sp³-hybridized carbons (Fsp3) is 0.100. The van der Waals surface area contributed by atoms with Crippen molar-refractivity contribution in [1.82, 2.24) is 4.57 Å². The van der Waals surface area contributed by atoms with Crippen molar-refractivity contribution in [3.8, 4) is 5.69 Å². The summed E-state index contributed by atoms with van der Waals surface area (Å²) < 4.78 is 7.61. The summed E-state index contributed by atoms with van der Waals surface area (Å²) >= 11 is 18.7. The van der Waals surface area contributed by atoms with Crippen LogP contribution in [-0.2, 0) is 9.53 Å². The van der Waals surface area contributed by atoms with Crippen molar-refractivity contribution in [2.24, 2.45) is 4.99 Å². The molecule has 0 saturated heterocycles. The van der Waals surface area contributed by atoms with Gasteiger partial charge in [-0.25, -0.2) is 4.99 Å². The minimum atomic E-state index is -0.767. The lowest BCUT2D eigenvalue weighted by Gasteiger charge is -2.23. The number of hydrogen-bond acceptors (Lipinski definition) is 3. The van der Waals surface area contributed by atoms with Crippen molar-refractivity contribution in [3.63, 3.8) is 0 Å². The van der Waals surface area contributed by atoms with Gasteiger partial charge in [0.05, 0.1) is 27.0 Å². The highest BCUT2D eigenvalue weighted by Gasteiger charge is 2.26. The first-order valence-corrected chi connectivity index (χ1v) is 9.24. The molecule has 0 N–H and O–H groups in total. The standard InChI is InChI=1S/C20H13Cl3N2O2/c1-11-7-13(21)8-14-17(10-26)27-20(24-18(11)14)12-5-6-25(9-12)19-15(22)3-2-4-16(19)23/h2-10,17H,1H3. The Kier molecular flexibility index (Phi) is 4.72. The molecule has 0 fully saturated rings. The van der Waals surface area contributed by atoms with Crippen LogP contribution in [0.25, 0.3) is 5.69 Å². The number of aliphatic imine (C=N–C) groups is 1. The van der Waals surface area contributed by atoms with E-state index in [1.165, 1.54) is 0 Å². The summed E-state index contributed by atoms with van der Waals surface area (Å²) in [6.07, 6.45) is 3.60. The topological polar surface area (TPSA) is 43.6 Å². The highest BCUT2D eigenvalue weighted by molar-refractivity contribution is 6.37. The second-order valence-electron chi connectivity index (χ2n) is 6.13. The summed E-state index contributed by atoms with van der Waals surface area (Å²) in [5.74, 6) is 0.354. The number of nitrogens with zero attached hydrogens (tertiary/aromatic N) is 2.